The van der Waals surface area contributed by atoms with Gasteiger partial charge in [0.1, 0.15) is 18.2 Å². The summed E-state index contributed by atoms with van der Waals surface area (Å²) in [7, 11) is 0. The fraction of sp³-hybridized carbons (Fsp3) is 0.300. The maximum absolute atomic E-state index is 12.5. The van der Waals surface area contributed by atoms with Crippen molar-refractivity contribution in [2.45, 2.75) is 24.3 Å². The van der Waals surface area contributed by atoms with Crippen molar-refractivity contribution in [1.82, 2.24) is 25.5 Å². The van der Waals surface area contributed by atoms with Gasteiger partial charge in [-0.25, -0.2) is 4.68 Å². The number of carbonyl (C=O) groups is 1. The summed E-state index contributed by atoms with van der Waals surface area (Å²) in [6, 6.07) is 18.6. The van der Waals surface area contributed by atoms with E-state index in [0.29, 0.717) is 24.6 Å². The van der Waals surface area contributed by atoms with Crippen LogP contribution in [-0.4, -0.2) is 57.6 Å². The second-order valence-electron chi connectivity index (χ2n) is 6.92. The van der Waals surface area contributed by atoms with Crippen LogP contribution in [0.4, 0.5) is 0 Å². The molecule has 0 saturated carbocycles. The van der Waals surface area contributed by atoms with Crippen molar-refractivity contribution in [2.75, 3.05) is 13.2 Å². The Morgan fingerprint density at radius 3 is 2.46 bits per heavy atom. The zero-order valence-corrected chi connectivity index (χ0v) is 15.0. The van der Waals surface area contributed by atoms with E-state index in [0.717, 1.165) is 5.56 Å². The summed E-state index contributed by atoms with van der Waals surface area (Å²) in [6.45, 7) is 0.825. The van der Waals surface area contributed by atoms with E-state index in [-0.39, 0.29) is 30.2 Å². The summed E-state index contributed by atoms with van der Waals surface area (Å²) >= 11 is 0. The van der Waals surface area contributed by atoms with Crippen LogP contribution in [0.2, 0.25) is 0 Å². The molecule has 1 aromatic heterocycles. The molecule has 2 saturated heterocycles. The third-order valence-corrected chi connectivity index (χ3v) is 5.22. The Balaban J connectivity index is 1.33. The minimum Gasteiger partial charge on any atom is -0.371 e. The molecule has 3 heterocycles. The van der Waals surface area contributed by atoms with Crippen molar-refractivity contribution in [3.05, 3.63) is 66.2 Å². The predicted molar refractivity (Wildman–Crippen MR) is 99.5 cm³/mol. The van der Waals surface area contributed by atoms with Gasteiger partial charge >= 0.3 is 0 Å². The van der Waals surface area contributed by atoms with E-state index in [4.69, 9.17) is 9.47 Å². The first-order chi connectivity index (χ1) is 13.8. The first-order valence-electron chi connectivity index (χ1n) is 9.23. The van der Waals surface area contributed by atoms with Crippen LogP contribution in [-0.2, 0) is 9.47 Å². The number of nitrogens with zero attached hydrogens (tertiary/aromatic N) is 4. The molecule has 2 aliphatic rings. The number of benzene rings is 2. The average Bonchev–Trinajstić information content (AvgIpc) is 3.46. The van der Waals surface area contributed by atoms with Crippen LogP contribution in [0.5, 0.6) is 0 Å². The van der Waals surface area contributed by atoms with E-state index >= 15 is 0 Å². The molecular formula is C20H19N5O3. The number of ether oxygens (including phenoxy) is 2. The molecular weight excluding hydrogens is 358 g/mol. The summed E-state index contributed by atoms with van der Waals surface area (Å²) in [4.78, 5) is 12.5. The van der Waals surface area contributed by atoms with E-state index in [1.807, 2.05) is 48.5 Å². The normalized spacial score (nSPS) is 26.1. The number of rotatable bonds is 4. The van der Waals surface area contributed by atoms with Gasteiger partial charge in [-0.3, -0.25) is 4.79 Å². The predicted octanol–water partition coefficient (Wildman–Crippen LogP) is 1.48. The van der Waals surface area contributed by atoms with Crippen molar-refractivity contribution in [3.63, 3.8) is 0 Å². The molecule has 8 nitrogen and oxygen atoms in total. The molecule has 4 atom stereocenters. The molecule has 0 unspecified atom stereocenters. The van der Waals surface area contributed by atoms with Gasteiger partial charge in [-0.1, -0.05) is 48.5 Å². The number of fused-ring (bicyclic) bond motifs is 1. The minimum absolute atomic E-state index is 0.130. The highest BCUT2D eigenvalue weighted by molar-refractivity contribution is 5.94. The highest BCUT2D eigenvalue weighted by atomic mass is 16.6. The molecule has 1 amide bonds. The Morgan fingerprint density at radius 1 is 0.964 bits per heavy atom. The lowest BCUT2D eigenvalue weighted by atomic mass is 10.1. The highest BCUT2D eigenvalue weighted by Crippen LogP contribution is 2.35. The summed E-state index contributed by atoms with van der Waals surface area (Å²) in [5.74, 6) is 0.546. The van der Waals surface area contributed by atoms with E-state index in [9.17, 15) is 4.79 Å². The third kappa shape index (κ3) is 2.96. The van der Waals surface area contributed by atoms with Crippen molar-refractivity contribution in [1.29, 1.82) is 0 Å². The SMILES string of the molecule is O=C(N[C@H]1CO[C@H]2[C@H]1OC[C@H]2n1nnnc1-c1ccccc1)c1ccccc1. The molecule has 0 radical (unpaired) electrons. The Labute approximate surface area is 161 Å². The smallest absolute Gasteiger partial charge is 0.251 e. The summed E-state index contributed by atoms with van der Waals surface area (Å²) < 4.78 is 13.8. The minimum atomic E-state index is -0.231. The van der Waals surface area contributed by atoms with Gasteiger partial charge in [0.15, 0.2) is 5.82 Å². The number of nitrogens with one attached hydrogen (secondary N) is 1. The average molecular weight is 377 g/mol. The first kappa shape index (κ1) is 17.0. The van der Waals surface area contributed by atoms with Gasteiger partial charge in [0, 0.05) is 11.1 Å². The van der Waals surface area contributed by atoms with E-state index < -0.39 is 0 Å². The fourth-order valence-electron chi connectivity index (χ4n) is 3.85. The maximum Gasteiger partial charge on any atom is 0.251 e. The molecule has 8 heteroatoms. The van der Waals surface area contributed by atoms with Crippen LogP contribution < -0.4 is 5.32 Å². The van der Waals surface area contributed by atoms with Crippen LogP contribution in [0.25, 0.3) is 11.4 Å². The van der Waals surface area contributed by atoms with Gasteiger partial charge in [-0.2, -0.15) is 0 Å². The number of amides is 1. The fourth-order valence-corrected chi connectivity index (χ4v) is 3.85. The highest BCUT2D eigenvalue weighted by Gasteiger charge is 2.50. The first-order valence-corrected chi connectivity index (χ1v) is 9.23. The van der Waals surface area contributed by atoms with Crippen LogP contribution in [0.15, 0.2) is 60.7 Å². The largest absolute Gasteiger partial charge is 0.371 e. The number of tetrazole rings is 1. The zero-order valence-electron chi connectivity index (χ0n) is 15.0. The van der Waals surface area contributed by atoms with E-state index in [1.54, 1.807) is 16.8 Å². The van der Waals surface area contributed by atoms with E-state index in [2.05, 4.69) is 20.8 Å². The van der Waals surface area contributed by atoms with Crippen molar-refractivity contribution in [2.24, 2.45) is 0 Å². The van der Waals surface area contributed by atoms with Gasteiger partial charge in [0.25, 0.3) is 5.91 Å². The standard InChI is InChI=1S/C20H19N5O3/c26-20(14-9-5-2-6-10-14)21-15-11-27-18-16(12-28-17(15)18)25-19(22-23-24-25)13-7-3-1-4-8-13/h1-10,15-18H,11-12H2,(H,21,26)/t15-,16+,17-,18+/m0/s1. The molecule has 1 N–H and O–H groups in total. The number of carbonyl (C=O) groups excluding carboxylic acids is 1. The molecule has 0 aliphatic carbocycles. The second-order valence-corrected chi connectivity index (χ2v) is 6.92. The number of hydrogen-bond acceptors (Lipinski definition) is 6. The quantitative estimate of drug-likeness (QED) is 0.741. The van der Waals surface area contributed by atoms with Crippen molar-refractivity contribution in [3.8, 4) is 11.4 Å². The van der Waals surface area contributed by atoms with Gasteiger partial charge in [-0.15, -0.1) is 5.10 Å². The lowest BCUT2D eigenvalue weighted by molar-refractivity contribution is 0.0615. The topological polar surface area (TPSA) is 91.2 Å². The maximum atomic E-state index is 12.5. The molecule has 3 aromatic rings. The lowest BCUT2D eigenvalue weighted by Gasteiger charge is -2.18. The van der Waals surface area contributed by atoms with Gasteiger partial charge in [0.05, 0.1) is 19.3 Å². The van der Waals surface area contributed by atoms with Crippen LogP contribution in [0, 0.1) is 0 Å². The van der Waals surface area contributed by atoms with E-state index in [1.165, 1.54) is 0 Å². The lowest BCUT2D eigenvalue weighted by Crippen LogP contribution is -2.44. The molecule has 2 aromatic carbocycles. The van der Waals surface area contributed by atoms with Gasteiger partial charge < -0.3 is 14.8 Å². The second kappa shape index (κ2) is 7.14. The Morgan fingerprint density at radius 2 is 1.68 bits per heavy atom. The molecule has 5 rings (SSSR count). The van der Waals surface area contributed by atoms with Crippen LogP contribution >= 0.6 is 0 Å². The van der Waals surface area contributed by atoms with Gasteiger partial charge in [0.2, 0.25) is 0 Å². The molecule has 2 aliphatic heterocycles. The molecule has 0 bridgehead atoms. The molecule has 142 valence electrons. The van der Waals surface area contributed by atoms with Crippen molar-refractivity contribution < 1.29 is 14.3 Å². The number of aromatic nitrogens is 4. The zero-order chi connectivity index (χ0) is 18.9. The molecule has 2 fully saturated rings. The van der Waals surface area contributed by atoms with Crippen molar-refractivity contribution >= 4 is 5.91 Å². The van der Waals surface area contributed by atoms with Gasteiger partial charge in [-0.05, 0) is 22.6 Å². The van der Waals surface area contributed by atoms with Crippen LogP contribution in [0.3, 0.4) is 0 Å². The molecule has 0 spiro atoms. The number of hydrogen-bond donors (Lipinski definition) is 1. The monoisotopic (exact) mass is 377 g/mol. The Kier molecular flexibility index (Phi) is 4.34. The Hall–Kier alpha value is -3.10. The summed E-state index contributed by atoms with van der Waals surface area (Å²) in [5.41, 5.74) is 1.55. The summed E-state index contributed by atoms with van der Waals surface area (Å²) in [6.07, 6.45) is -0.447. The Bertz CT molecular complexity index is 962. The summed E-state index contributed by atoms with van der Waals surface area (Å²) in [5, 5.41) is 15.2. The molecule has 28 heavy (non-hydrogen) atoms. The van der Waals surface area contributed by atoms with Crippen LogP contribution in [0.1, 0.15) is 16.4 Å². The third-order valence-electron chi connectivity index (χ3n) is 5.22.